The first-order valence-electron chi connectivity index (χ1n) is 7.74. The molecule has 0 aromatic heterocycles. The third kappa shape index (κ3) is 3.17. The summed E-state index contributed by atoms with van der Waals surface area (Å²) in [4.78, 5) is 0. The highest BCUT2D eigenvalue weighted by Crippen LogP contribution is 2.38. The molecule has 0 amide bonds. The fraction of sp³-hybridized carbons (Fsp3) is 0.368. The lowest BCUT2D eigenvalue weighted by molar-refractivity contribution is 0.0541. The molecule has 0 saturated carbocycles. The monoisotopic (exact) mass is 282 g/mol. The Morgan fingerprint density at radius 1 is 0.857 bits per heavy atom. The maximum Gasteiger partial charge on any atom is 0.0700 e. The summed E-state index contributed by atoms with van der Waals surface area (Å²) in [7, 11) is 0. The van der Waals surface area contributed by atoms with E-state index < -0.39 is 0 Å². The van der Waals surface area contributed by atoms with E-state index in [1.165, 1.54) is 27.8 Å². The van der Waals surface area contributed by atoms with Crippen LogP contribution in [0.1, 0.15) is 23.6 Å². The number of hydrogen-bond acceptors (Lipinski definition) is 2. The minimum absolute atomic E-state index is 0.684. The van der Waals surface area contributed by atoms with Crippen molar-refractivity contribution in [3.8, 4) is 11.1 Å². The summed E-state index contributed by atoms with van der Waals surface area (Å²) in [5.41, 5.74) is 7.13. The summed E-state index contributed by atoms with van der Waals surface area (Å²) < 4.78 is 10.9. The molecule has 3 rings (SSSR count). The fourth-order valence-electron chi connectivity index (χ4n) is 3.00. The van der Waals surface area contributed by atoms with Crippen LogP contribution >= 0.6 is 0 Å². The largest absolute Gasteiger partial charge is 0.379 e. The minimum atomic E-state index is 0.684. The van der Waals surface area contributed by atoms with Gasteiger partial charge in [0.25, 0.3) is 0 Å². The molecule has 0 radical (unpaired) electrons. The summed E-state index contributed by atoms with van der Waals surface area (Å²) >= 11 is 0. The van der Waals surface area contributed by atoms with E-state index in [9.17, 15) is 0 Å². The Morgan fingerprint density at radius 3 is 2.57 bits per heavy atom. The third-order valence-electron chi connectivity index (χ3n) is 4.04. The van der Waals surface area contributed by atoms with Crippen molar-refractivity contribution < 1.29 is 9.47 Å². The van der Waals surface area contributed by atoms with Gasteiger partial charge < -0.3 is 9.47 Å². The summed E-state index contributed by atoms with van der Waals surface area (Å²) in [6.45, 7) is 4.90. The van der Waals surface area contributed by atoms with Gasteiger partial charge in [0, 0.05) is 6.61 Å². The van der Waals surface area contributed by atoms with E-state index in [0.717, 1.165) is 26.1 Å². The first kappa shape index (κ1) is 14.3. The summed E-state index contributed by atoms with van der Waals surface area (Å²) in [6.07, 6.45) is 2.03. The van der Waals surface area contributed by atoms with E-state index in [0.29, 0.717) is 13.2 Å². The number of rotatable bonds is 7. The van der Waals surface area contributed by atoms with E-state index in [-0.39, 0.29) is 0 Å². The lowest BCUT2D eigenvalue weighted by Crippen LogP contribution is -2.07. The molecule has 2 aromatic rings. The van der Waals surface area contributed by atoms with E-state index in [2.05, 4.69) is 42.5 Å². The highest BCUT2D eigenvalue weighted by atomic mass is 16.5. The van der Waals surface area contributed by atoms with Crippen molar-refractivity contribution in [1.82, 2.24) is 0 Å². The molecule has 2 nitrogen and oxygen atoms in total. The zero-order valence-electron chi connectivity index (χ0n) is 12.6. The van der Waals surface area contributed by atoms with E-state index >= 15 is 0 Å². The molecule has 21 heavy (non-hydrogen) atoms. The molecule has 0 N–H and O–H groups in total. The Labute approximate surface area is 126 Å². The van der Waals surface area contributed by atoms with Crippen LogP contribution in [0.3, 0.4) is 0 Å². The van der Waals surface area contributed by atoms with Gasteiger partial charge in [-0.1, -0.05) is 42.5 Å². The molecular formula is C19H22O2. The second kappa shape index (κ2) is 6.88. The number of benzene rings is 2. The van der Waals surface area contributed by atoms with Crippen molar-refractivity contribution in [2.45, 2.75) is 19.8 Å². The quantitative estimate of drug-likeness (QED) is 0.613. The molecule has 0 fully saturated rings. The first-order chi connectivity index (χ1) is 10.4. The molecule has 0 aliphatic heterocycles. The van der Waals surface area contributed by atoms with Crippen LogP contribution in [-0.4, -0.2) is 26.4 Å². The van der Waals surface area contributed by atoms with Gasteiger partial charge in [-0.2, -0.15) is 0 Å². The number of ether oxygens (including phenoxy) is 2. The van der Waals surface area contributed by atoms with Crippen molar-refractivity contribution >= 4 is 0 Å². The van der Waals surface area contributed by atoms with Crippen molar-refractivity contribution in [1.29, 1.82) is 0 Å². The molecule has 0 heterocycles. The molecule has 1 aliphatic rings. The Bertz CT molecular complexity index is 604. The molecular weight excluding hydrogens is 260 g/mol. The Balaban J connectivity index is 1.64. The lowest BCUT2D eigenvalue weighted by atomic mass is 9.99. The van der Waals surface area contributed by atoms with Gasteiger partial charge in [0.05, 0.1) is 19.8 Å². The standard InChI is InChI=1S/C19H22O2/c1-2-20-12-13-21-11-10-15-7-5-9-18-17-8-4-3-6-16(17)14-19(15)18/h3-9H,2,10-14H2,1H3. The maximum atomic E-state index is 5.65. The van der Waals surface area contributed by atoms with E-state index in [1.54, 1.807) is 0 Å². The Kier molecular flexibility index (Phi) is 4.69. The topological polar surface area (TPSA) is 18.5 Å². The first-order valence-corrected chi connectivity index (χ1v) is 7.74. The minimum Gasteiger partial charge on any atom is -0.379 e. The van der Waals surface area contributed by atoms with Gasteiger partial charge >= 0.3 is 0 Å². The van der Waals surface area contributed by atoms with Gasteiger partial charge in [-0.15, -0.1) is 0 Å². The molecule has 2 heteroatoms. The SMILES string of the molecule is CCOCCOCCc1cccc2c1Cc1ccccc1-2. The molecule has 2 aromatic carbocycles. The Morgan fingerprint density at radius 2 is 1.67 bits per heavy atom. The number of hydrogen-bond donors (Lipinski definition) is 0. The molecule has 110 valence electrons. The van der Waals surface area contributed by atoms with Gasteiger partial charge in [0.1, 0.15) is 0 Å². The van der Waals surface area contributed by atoms with Gasteiger partial charge in [0.2, 0.25) is 0 Å². The maximum absolute atomic E-state index is 5.65. The van der Waals surface area contributed by atoms with E-state index in [1.807, 2.05) is 6.92 Å². The molecule has 1 aliphatic carbocycles. The van der Waals surface area contributed by atoms with Crippen molar-refractivity contribution in [2.75, 3.05) is 26.4 Å². The molecule has 0 spiro atoms. The average molecular weight is 282 g/mol. The molecule has 0 unspecified atom stereocenters. The second-order valence-electron chi connectivity index (χ2n) is 5.34. The zero-order chi connectivity index (χ0) is 14.5. The summed E-state index contributed by atoms with van der Waals surface area (Å²) in [6, 6.07) is 15.3. The normalized spacial score (nSPS) is 12.2. The van der Waals surface area contributed by atoms with Crippen molar-refractivity contribution in [2.24, 2.45) is 0 Å². The van der Waals surface area contributed by atoms with Crippen LogP contribution in [0.5, 0.6) is 0 Å². The third-order valence-corrected chi connectivity index (χ3v) is 4.04. The molecule has 0 bridgehead atoms. The van der Waals surface area contributed by atoms with Crippen molar-refractivity contribution in [3.63, 3.8) is 0 Å². The highest BCUT2D eigenvalue weighted by molar-refractivity contribution is 5.77. The number of fused-ring (bicyclic) bond motifs is 3. The van der Waals surface area contributed by atoms with Crippen LogP contribution in [0.25, 0.3) is 11.1 Å². The van der Waals surface area contributed by atoms with Crippen molar-refractivity contribution in [3.05, 3.63) is 59.2 Å². The van der Waals surface area contributed by atoms with Crippen LogP contribution < -0.4 is 0 Å². The molecule has 0 saturated heterocycles. The van der Waals surface area contributed by atoms with Crippen LogP contribution in [0.15, 0.2) is 42.5 Å². The van der Waals surface area contributed by atoms with Crippen LogP contribution in [0, 0.1) is 0 Å². The van der Waals surface area contributed by atoms with Crippen LogP contribution in [0.2, 0.25) is 0 Å². The smallest absolute Gasteiger partial charge is 0.0700 e. The fourth-order valence-corrected chi connectivity index (χ4v) is 3.00. The van der Waals surface area contributed by atoms with Crippen LogP contribution in [-0.2, 0) is 22.3 Å². The predicted molar refractivity (Wildman–Crippen MR) is 85.7 cm³/mol. The predicted octanol–water partition coefficient (Wildman–Crippen LogP) is 3.85. The second-order valence-corrected chi connectivity index (χ2v) is 5.34. The summed E-state index contributed by atoms with van der Waals surface area (Å²) in [5.74, 6) is 0. The summed E-state index contributed by atoms with van der Waals surface area (Å²) in [5, 5.41) is 0. The van der Waals surface area contributed by atoms with Gasteiger partial charge in [0.15, 0.2) is 0 Å². The molecule has 0 atom stereocenters. The van der Waals surface area contributed by atoms with E-state index in [4.69, 9.17) is 9.47 Å². The van der Waals surface area contributed by atoms with Gasteiger partial charge in [-0.05, 0) is 47.6 Å². The average Bonchev–Trinajstić information content (AvgIpc) is 2.90. The van der Waals surface area contributed by atoms with Gasteiger partial charge in [-0.3, -0.25) is 0 Å². The van der Waals surface area contributed by atoms with Gasteiger partial charge in [-0.25, -0.2) is 0 Å². The highest BCUT2D eigenvalue weighted by Gasteiger charge is 2.19. The lowest BCUT2D eigenvalue weighted by Gasteiger charge is -2.09. The van der Waals surface area contributed by atoms with Crippen LogP contribution in [0.4, 0.5) is 0 Å². The Hall–Kier alpha value is -1.64. The zero-order valence-corrected chi connectivity index (χ0v) is 12.6.